The Morgan fingerprint density at radius 2 is 1.69 bits per heavy atom. The molecule has 1 aliphatic heterocycles. The molecule has 0 unspecified atom stereocenters. The third-order valence-electron chi connectivity index (χ3n) is 4.88. The molecule has 0 spiro atoms. The Kier molecular flexibility index (Phi) is 4.86. The fourth-order valence-electron chi connectivity index (χ4n) is 3.26. The van der Waals surface area contributed by atoms with Crippen molar-refractivity contribution in [2.45, 2.75) is 45.6 Å². The normalized spacial score (nSPS) is 14.7. The van der Waals surface area contributed by atoms with Gasteiger partial charge in [-0.1, -0.05) is 51.1 Å². The quantitative estimate of drug-likeness (QED) is 0.918. The third-order valence-corrected chi connectivity index (χ3v) is 4.88. The molecule has 3 rings (SSSR count). The van der Waals surface area contributed by atoms with Crippen molar-refractivity contribution in [3.05, 3.63) is 65.2 Å². The molecule has 0 bridgehead atoms. The second-order valence-electron chi connectivity index (χ2n) is 7.89. The predicted molar refractivity (Wildman–Crippen MR) is 105 cm³/mol. The van der Waals surface area contributed by atoms with Crippen molar-refractivity contribution in [3.63, 3.8) is 0 Å². The molecule has 4 nitrogen and oxygen atoms in total. The van der Waals surface area contributed by atoms with Crippen LogP contribution in [0, 0.1) is 0 Å². The lowest BCUT2D eigenvalue weighted by atomic mass is 9.86. The van der Waals surface area contributed by atoms with Gasteiger partial charge in [-0.15, -0.1) is 0 Å². The molecule has 2 amide bonds. The lowest BCUT2D eigenvalue weighted by molar-refractivity contribution is -0.119. The van der Waals surface area contributed by atoms with Crippen LogP contribution in [0.1, 0.15) is 49.2 Å². The van der Waals surface area contributed by atoms with Gasteiger partial charge in [-0.2, -0.15) is 0 Å². The molecule has 4 heteroatoms. The molecule has 0 fully saturated rings. The number of anilines is 1. The first-order chi connectivity index (χ1) is 12.3. The topological polar surface area (TPSA) is 49.4 Å². The monoisotopic (exact) mass is 350 g/mol. The van der Waals surface area contributed by atoms with Crippen LogP contribution in [-0.2, 0) is 16.6 Å². The van der Waals surface area contributed by atoms with Crippen molar-refractivity contribution in [3.8, 4) is 0 Å². The third kappa shape index (κ3) is 3.64. The number of carbonyl (C=O) groups is 2. The van der Waals surface area contributed by atoms with E-state index in [1.54, 1.807) is 11.8 Å². The van der Waals surface area contributed by atoms with Crippen LogP contribution in [0.15, 0.2) is 48.5 Å². The molecule has 136 valence electrons. The molecule has 0 radical (unpaired) electrons. The smallest absolute Gasteiger partial charge is 0.251 e. The number of fused-ring (bicyclic) bond motifs is 1. The molecule has 0 aliphatic carbocycles. The zero-order valence-electron chi connectivity index (χ0n) is 15.9. The van der Waals surface area contributed by atoms with E-state index in [9.17, 15) is 9.59 Å². The SMILES string of the molecule is C[C@H](NC(=O)c1ccc(C(C)(C)C)cc1)C(=O)N1CCc2ccccc21. The maximum atomic E-state index is 12.8. The number of carbonyl (C=O) groups excluding carboxylic acids is 2. The standard InChI is InChI=1S/C22H26N2O2/c1-15(21(26)24-14-13-16-7-5-6-8-19(16)24)23-20(25)17-9-11-18(12-10-17)22(2,3)4/h5-12,15H,13-14H2,1-4H3,(H,23,25)/t15-/m0/s1. The minimum atomic E-state index is -0.573. The Morgan fingerprint density at radius 1 is 1.04 bits per heavy atom. The van der Waals surface area contributed by atoms with E-state index in [0.717, 1.165) is 12.1 Å². The Morgan fingerprint density at radius 3 is 2.35 bits per heavy atom. The first kappa shape index (κ1) is 18.2. The summed E-state index contributed by atoms with van der Waals surface area (Å²) in [6.07, 6.45) is 0.858. The van der Waals surface area contributed by atoms with Crippen LogP contribution >= 0.6 is 0 Å². The summed E-state index contributed by atoms with van der Waals surface area (Å²) in [5, 5.41) is 2.83. The van der Waals surface area contributed by atoms with Crippen LogP contribution in [0.2, 0.25) is 0 Å². The molecule has 1 N–H and O–H groups in total. The zero-order valence-corrected chi connectivity index (χ0v) is 15.9. The van der Waals surface area contributed by atoms with Gasteiger partial charge in [-0.05, 0) is 48.1 Å². The number of para-hydroxylation sites is 1. The molecule has 2 aromatic carbocycles. The summed E-state index contributed by atoms with van der Waals surface area (Å²) in [5.74, 6) is -0.298. The molecular weight excluding hydrogens is 324 g/mol. The first-order valence-corrected chi connectivity index (χ1v) is 9.08. The van der Waals surface area contributed by atoms with E-state index in [0.29, 0.717) is 12.1 Å². The van der Waals surface area contributed by atoms with Crippen molar-refractivity contribution in [1.82, 2.24) is 5.32 Å². The lowest BCUT2D eigenvalue weighted by Crippen LogP contribution is -2.46. The van der Waals surface area contributed by atoms with Crippen molar-refractivity contribution >= 4 is 17.5 Å². The number of nitrogens with zero attached hydrogens (tertiary/aromatic N) is 1. The summed E-state index contributed by atoms with van der Waals surface area (Å²) in [7, 11) is 0. The Bertz CT molecular complexity index is 819. The molecule has 1 aliphatic rings. The summed E-state index contributed by atoms with van der Waals surface area (Å²) in [6, 6.07) is 14.9. The second kappa shape index (κ2) is 6.94. The van der Waals surface area contributed by atoms with Crippen molar-refractivity contribution in [1.29, 1.82) is 0 Å². The minimum absolute atomic E-state index is 0.0431. The number of benzene rings is 2. The molecule has 0 aromatic heterocycles. The molecule has 1 heterocycles. The number of amides is 2. The van der Waals surface area contributed by atoms with E-state index in [2.05, 4.69) is 26.1 Å². The van der Waals surface area contributed by atoms with E-state index in [-0.39, 0.29) is 17.2 Å². The van der Waals surface area contributed by atoms with Gasteiger partial charge in [0.1, 0.15) is 6.04 Å². The number of rotatable bonds is 3. The number of nitrogens with one attached hydrogen (secondary N) is 1. The maximum absolute atomic E-state index is 12.8. The van der Waals surface area contributed by atoms with Gasteiger partial charge in [-0.3, -0.25) is 9.59 Å². The fraction of sp³-hybridized carbons (Fsp3) is 0.364. The molecule has 0 saturated carbocycles. The molecule has 2 aromatic rings. The highest BCUT2D eigenvalue weighted by atomic mass is 16.2. The van der Waals surface area contributed by atoms with Gasteiger partial charge in [-0.25, -0.2) is 0 Å². The number of hydrogen-bond acceptors (Lipinski definition) is 2. The van der Waals surface area contributed by atoms with Gasteiger partial charge in [0.2, 0.25) is 5.91 Å². The highest BCUT2D eigenvalue weighted by Crippen LogP contribution is 2.28. The Balaban J connectivity index is 1.67. The molecule has 1 atom stereocenters. The van der Waals surface area contributed by atoms with Gasteiger partial charge in [0.25, 0.3) is 5.91 Å². The molecule has 0 saturated heterocycles. The van der Waals surface area contributed by atoms with E-state index >= 15 is 0 Å². The average Bonchev–Trinajstić information content (AvgIpc) is 3.04. The van der Waals surface area contributed by atoms with E-state index in [1.807, 2.05) is 48.5 Å². The summed E-state index contributed by atoms with van der Waals surface area (Å²) in [6.45, 7) is 8.81. The van der Waals surface area contributed by atoms with Crippen LogP contribution in [0.25, 0.3) is 0 Å². The summed E-state index contributed by atoms with van der Waals surface area (Å²) < 4.78 is 0. The average molecular weight is 350 g/mol. The minimum Gasteiger partial charge on any atom is -0.341 e. The van der Waals surface area contributed by atoms with Crippen molar-refractivity contribution in [2.24, 2.45) is 0 Å². The van der Waals surface area contributed by atoms with Gasteiger partial charge >= 0.3 is 0 Å². The van der Waals surface area contributed by atoms with Gasteiger partial charge in [0, 0.05) is 17.8 Å². The van der Waals surface area contributed by atoms with Gasteiger partial charge in [0.15, 0.2) is 0 Å². The Labute approximate surface area is 155 Å². The molecular formula is C22H26N2O2. The van der Waals surface area contributed by atoms with E-state index in [1.165, 1.54) is 11.1 Å². The zero-order chi connectivity index (χ0) is 18.9. The number of hydrogen-bond donors (Lipinski definition) is 1. The van der Waals surface area contributed by atoms with E-state index in [4.69, 9.17) is 0 Å². The first-order valence-electron chi connectivity index (χ1n) is 9.08. The van der Waals surface area contributed by atoms with Crippen molar-refractivity contribution in [2.75, 3.05) is 11.4 Å². The second-order valence-corrected chi connectivity index (χ2v) is 7.89. The summed E-state index contributed by atoms with van der Waals surface area (Å²) in [5.41, 5.74) is 3.91. The highest BCUT2D eigenvalue weighted by Gasteiger charge is 2.28. The largest absolute Gasteiger partial charge is 0.341 e. The Hall–Kier alpha value is -2.62. The van der Waals surface area contributed by atoms with Gasteiger partial charge < -0.3 is 10.2 Å². The summed E-state index contributed by atoms with van der Waals surface area (Å²) in [4.78, 5) is 27.0. The molecule has 26 heavy (non-hydrogen) atoms. The lowest BCUT2D eigenvalue weighted by Gasteiger charge is -2.23. The highest BCUT2D eigenvalue weighted by molar-refractivity contribution is 6.03. The van der Waals surface area contributed by atoms with Crippen LogP contribution in [0.5, 0.6) is 0 Å². The predicted octanol–water partition coefficient (Wildman–Crippen LogP) is 3.69. The van der Waals surface area contributed by atoms with Crippen molar-refractivity contribution < 1.29 is 9.59 Å². The van der Waals surface area contributed by atoms with Crippen LogP contribution in [0.3, 0.4) is 0 Å². The summed E-state index contributed by atoms with van der Waals surface area (Å²) >= 11 is 0. The van der Waals surface area contributed by atoms with Crippen LogP contribution in [0.4, 0.5) is 5.69 Å². The fourth-order valence-corrected chi connectivity index (χ4v) is 3.26. The maximum Gasteiger partial charge on any atom is 0.251 e. The van der Waals surface area contributed by atoms with E-state index < -0.39 is 6.04 Å². The van der Waals surface area contributed by atoms with Crippen LogP contribution in [-0.4, -0.2) is 24.4 Å². The van der Waals surface area contributed by atoms with Gasteiger partial charge in [0.05, 0.1) is 0 Å². The van der Waals surface area contributed by atoms with Crippen LogP contribution < -0.4 is 10.2 Å².